The molecule has 0 fully saturated rings. The number of rotatable bonds is 12. The summed E-state index contributed by atoms with van der Waals surface area (Å²) in [5, 5.41) is 40.9. The van der Waals surface area contributed by atoms with Gasteiger partial charge in [-0.05, 0) is 13.3 Å². The van der Waals surface area contributed by atoms with Crippen molar-refractivity contribution in [3.63, 3.8) is 0 Å². The van der Waals surface area contributed by atoms with Gasteiger partial charge in [-0.2, -0.15) is 8.42 Å². The molecule has 0 heterocycles. The molecule has 0 bridgehead atoms. The van der Waals surface area contributed by atoms with E-state index in [2.05, 4.69) is 16.0 Å². The monoisotopic (exact) mass is 389 g/mol. The number of oxime groups is 1. The van der Waals surface area contributed by atoms with E-state index in [0.29, 0.717) is 6.42 Å². The molecule has 5 N–H and O–H groups in total. The van der Waals surface area contributed by atoms with E-state index in [4.69, 9.17) is 9.29 Å². The first kappa shape index (κ1) is 23.3. The zero-order valence-corrected chi connectivity index (χ0v) is 14.7. The average molecular weight is 389 g/mol. The van der Waals surface area contributed by atoms with Crippen LogP contribution in [0.2, 0.25) is 0 Å². The number of hydrogen-bond donors (Lipinski definition) is 5. The second kappa shape index (κ2) is 11.8. The molecule has 0 aliphatic rings. The molecule has 142 valence electrons. The first-order chi connectivity index (χ1) is 11.1. The van der Waals surface area contributed by atoms with Gasteiger partial charge in [0, 0.05) is 6.42 Å². The van der Waals surface area contributed by atoms with Gasteiger partial charge in [-0.1, -0.05) is 23.0 Å². The van der Waals surface area contributed by atoms with E-state index >= 15 is 0 Å². The number of nitrogens with zero attached hydrogens (tertiary/aromatic N) is 1. The Morgan fingerprint density at radius 2 is 1.96 bits per heavy atom. The molecule has 12 heteroatoms. The predicted octanol–water partition coefficient (Wildman–Crippen LogP) is -0.744. The number of thioether (sulfide) groups is 1. The van der Waals surface area contributed by atoms with E-state index in [9.17, 15) is 28.8 Å². The van der Waals surface area contributed by atoms with Crippen LogP contribution in [-0.4, -0.2) is 75.4 Å². The van der Waals surface area contributed by atoms with Crippen LogP contribution < -0.4 is 0 Å². The lowest BCUT2D eigenvalue weighted by molar-refractivity contribution is -0.115. The molecule has 24 heavy (non-hydrogen) atoms. The molecule has 10 nitrogen and oxygen atoms in total. The summed E-state index contributed by atoms with van der Waals surface area (Å²) in [5.74, 6) is 0. The van der Waals surface area contributed by atoms with Gasteiger partial charge in [0.15, 0.2) is 0 Å². The largest absolute Gasteiger partial charge is 0.466 e. The molecule has 0 saturated carbocycles. The molecule has 0 rings (SSSR count). The van der Waals surface area contributed by atoms with E-state index in [1.807, 2.05) is 0 Å². The highest BCUT2D eigenvalue weighted by Gasteiger charge is 2.27. The minimum atomic E-state index is -4.78. The first-order valence-electron chi connectivity index (χ1n) is 6.88. The fraction of sp³-hybridized carbons (Fsp3) is 0.750. The number of hydrogen-bond acceptors (Lipinski definition) is 10. The lowest BCUT2D eigenvalue weighted by Crippen LogP contribution is -2.42. The molecule has 0 radical (unpaired) electrons. The van der Waals surface area contributed by atoms with E-state index in [1.54, 1.807) is 0 Å². The highest BCUT2D eigenvalue weighted by atomic mass is 32.3. The van der Waals surface area contributed by atoms with Crippen LogP contribution >= 0.6 is 11.8 Å². The van der Waals surface area contributed by atoms with Gasteiger partial charge in [0.05, 0.1) is 19.3 Å². The Morgan fingerprint density at radius 1 is 1.33 bits per heavy atom. The van der Waals surface area contributed by atoms with Gasteiger partial charge in [0.2, 0.25) is 0 Å². The molecular weight excluding hydrogens is 366 g/mol. The zero-order chi connectivity index (χ0) is 18.8. The molecular formula is C12H23NO9S2. The summed E-state index contributed by atoms with van der Waals surface area (Å²) >= 11 is 0.769. The van der Waals surface area contributed by atoms with Crippen LogP contribution in [0.5, 0.6) is 0 Å². The third-order valence-corrected chi connectivity index (χ3v) is 3.93. The van der Waals surface area contributed by atoms with Crippen LogP contribution in [0, 0.1) is 0 Å². The summed E-state index contributed by atoms with van der Waals surface area (Å²) < 4.78 is 38.9. The minimum absolute atomic E-state index is 0.0646. The van der Waals surface area contributed by atoms with Crippen LogP contribution in [0.4, 0.5) is 0 Å². The highest BCUT2D eigenvalue weighted by molar-refractivity contribution is 8.14. The standard InChI is InChI=1S/C12H23NO9S2/c1-3-4-5-10(13-22-24(18,19)20)23-11(7-15)21-9(6-14)12(17)8(2)16/h3,8-9,11-12,14-17H,1,4-7H2,2H3,(H,18,19,20)/b13-10+/t8-,9?,11+,12+/m1/s1. The molecule has 0 saturated heterocycles. The third-order valence-electron chi connectivity index (χ3n) is 2.59. The fourth-order valence-electron chi connectivity index (χ4n) is 1.44. The summed E-state index contributed by atoms with van der Waals surface area (Å²) in [4.78, 5) is 0. The Bertz CT molecular complexity index is 495. The molecule has 0 aromatic carbocycles. The lowest BCUT2D eigenvalue weighted by atomic mass is 10.1. The van der Waals surface area contributed by atoms with E-state index in [-0.39, 0.29) is 11.5 Å². The van der Waals surface area contributed by atoms with Crippen LogP contribution in [0.15, 0.2) is 17.8 Å². The Morgan fingerprint density at radius 3 is 2.38 bits per heavy atom. The second-order valence-corrected chi connectivity index (χ2v) is 6.87. The Hall–Kier alpha value is -0.730. The molecule has 0 aliphatic heterocycles. The van der Waals surface area contributed by atoms with Gasteiger partial charge < -0.3 is 25.2 Å². The average Bonchev–Trinajstić information content (AvgIpc) is 2.51. The van der Waals surface area contributed by atoms with E-state index in [1.165, 1.54) is 13.0 Å². The number of aliphatic hydroxyl groups is 4. The molecule has 0 aromatic heterocycles. The van der Waals surface area contributed by atoms with Gasteiger partial charge >= 0.3 is 10.4 Å². The summed E-state index contributed by atoms with van der Waals surface area (Å²) in [6.45, 7) is 3.61. The fourth-order valence-corrected chi connectivity index (χ4v) is 2.56. The minimum Gasteiger partial charge on any atom is -0.394 e. The predicted molar refractivity (Wildman–Crippen MR) is 87.6 cm³/mol. The maximum atomic E-state index is 10.6. The maximum Gasteiger partial charge on any atom is 0.466 e. The van der Waals surface area contributed by atoms with Gasteiger partial charge in [0.25, 0.3) is 0 Å². The van der Waals surface area contributed by atoms with E-state index in [0.717, 1.165) is 11.8 Å². The molecule has 0 amide bonds. The molecule has 1 unspecified atom stereocenters. The van der Waals surface area contributed by atoms with Crippen LogP contribution in [-0.2, 0) is 19.4 Å². The summed E-state index contributed by atoms with van der Waals surface area (Å²) in [6, 6.07) is 0. The number of aliphatic hydroxyl groups excluding tert-OH is 4. The highest BCUT2D eigenvalue weighted by Crippen LogP contribution is 2.21. The maximum absolute atomic E-state index is 10.6. The van der Waals surface area contributed by atoms with Crippen molar-refractivity contribution in [1.29, 1.82) is 0 Å². The van der Waals surface area contributed by atoms with Crippen molar-refractivity contribution in [3.05, 3.63) is 12.7 Å². The van der Waals surface area contributed by atoms with Crippen molar-refractivity contribution in [1.82, 2.24) is 0 Å². The Balaban J connectivity index is 5.00. The van der Waals surface area contributed by atoms with Crippen LogP contribution in [0.3, 0.4) is 0 Å². The van der Waals surface area contributed by atoms with Crippen molar-refractivity contribution >= 4 is 27.2 Å². The Kier molecular flexibility index (Phi) is 11.4. The topological polar surface area (TPSA) is 166 Å². The van der Waals surface area contributed by atoms with Gasteiger partial charge in [-0.25, -0.2) is 4.28 Å². The number of ether oxygens (including phenoxy) is 1. The normalized spacial score (nSPS) is 17.8. The van der Waals surface area contributed by atoms with Crippen LogP contribution in [0.25, 0.3) is 0 Å². The third kappa shape index (κ3) is 10.2. The van der Waals surface area contributed by atoms with Gasteiger partial charge in [-0.15, -0.1) is 6.58 Å². The van der Waals surface area contributed by atoms with Crippen molar-refractivity contribution in [2.24, 2.45) is 5.16 Å². The Labute approximate surface area is 144 Å². The van der Waals surface area contributed by atoms with E-state index < -0.39 is 47.4 Å². The van der Waals surface area contributed by atoms with Crippen molar-refractivity contribution in [2.75, 3.05) is 13.2 Å². The number of allylic oxidation sites excluding steroid dienone is 1. The van der Waals surface area contributed by atoms with Gasteiger partial charge in [0.1, 0.15) is 22.7 Å². The van der Waals surface area contributed by atoms with Gasteiger partial charge in [-0.3, -0.25) is 4.55 Å². The molecule has 0 spiro atoms. The van der Waals surface area contributed by atoms with Crippen molar-refractivity contribution in [2.45, 2.75) is 43.5 Å². The summed E-state index contributed by atoms with van der Waals surface area (Å²) in [6.07, 6.45) is -1.63. The van der Waals surface area contributed by atoms with Crippen molar-refractivity contribution in [3.8, 4) is 0 Å². The SMILES string of the molecule is C=CCC/C(=N\OS(=O)(=O)O)S[C@@H](CO)OC(CO)[C@@H](O)[C@@H](C)O. The summed E-state index contributed by atoms with van der Waals surface area (Å²) in [7, 11) is -4.78. The first-order valence-corrected chi connectivity index (χ1v) is 9.12. The van der Waals surface area contributed by atoms with Crippen LogP contribution in [0.1, 0.15) is 19.8 Å². The quantitative estimate of drug-likeness (QED) is 0.0716. The summed E-state index contributed by atoms with van der Waals surface area (Å²) in [5.41, 5.74) is -1.04. The lowest BCUT2D eigenvalue weighted by Gasteiger charge is -2.27. The van der Waals surface area contributed by atoms with Crippen molar-refractivity contribution < 1.29 is 42.4 Å². The molecule has 0 aromatic rings. The smallest absolute Gasteiger partial charge is 0.394 e. The molecule has 4 atom stereocenters. The second-order valence-electron chi connectivity index (χ2n) is 4.63. The molecule has 0 aliphatic carbocycles. The zero-order valence-electron chi connectivity index (χ0n) is 13.1.